The van der Waals surface area contributed by atoms with E-state index in [0.717, 1.165) is 43.0 Å². The van der Waals surface area contributed by atoms with E-state index in [2.05, 4.69) is 39.6 Å². The summed E-state index contributed by atoms with van der Waals surface area (Å²) in [6, 6.07) is 18.1. The second kappa shape index (κ2) is 8.27. The lowest BCUT2D eigenvalue weighted by molar-refractivity contribution is 0.0782. The van der Waals surface area contributed by atoms with Crippen molar-refractivity contribution in [1.29, 1.82) is 0 Å². The predicted octanol–water partition coefficient (Wildman–Crippen LogP) is 3.02. The Balaban J connectivity index is 1.54. The van der Waals surface area contributed by atoms with Crippen LogP contribution in [0.5, 0.6) is 0 Å². The number of rotatable bonds is 5. The molecule has 144 valence electrons. The van der Waals surface area contributed by atoms with Gasteiger partial charge in [0.2, 0.25) is 0 Å². The van der Waals surface area contributed by atoms with Crippen LogP contribution in [-0.4, -0.2) is 49.2 Å². The van der Waals surface area contributed by atoms with Gasteiger partial charge in [-0.25, -0.2) is 0 Å². The fraction of sp³-hybridized carbons (Fsp3) is 0.273. The van der Waals surface area contributed by atoms with Gasteiger partial charge in [-0.2, -0.15) is 0 Å². The molecule has 0 radical (unpaired) electrons. The number of benzene rings is 2. The maximum Gasteiger partial charge on any atom is 0.253 e. The largest absolute Gasteiger partial charge is 0.369 e. The highest BCUT2D eigenvalue weighted by molar-refractivity contribution is 5.95. The summed E-state index contributed by atoms with van der Waals surface area (Å²) in [6.07, 6.45) is 1.51. The maximum atomic E-state index is 12.8. The van der Waals surface area contributed by atoms with Crippen LogP contribution in [0, 0.1) is 0 Å². The normalized spacial score (nSPS) is 14.1. The van der Waals surface area contributed by atoms with Gasteiger partial charge in [-0.15, -0.1) is 0 Å². The predicted molar refractivity (Wildman–Crippen MR) is 109 cm³/mol. The van der Waals surface area contributed by atoms with E-state index in [4.69, 9.17) is 4.52 Å². The van der Waals surface area contributed by atoms with E-state index in [1.165, 1.54) is 12.0 Å². The number of carbonyl (C=O) groups excluding carboxylic acids is 1. The standard InChI is InChI=1S/C22H24N4O2/c1-25(16-20-8-13-28-24-20)22(27)19-6-2-4-17(14-19)18-5-3-7-21(15-18)26-11-9-23-10-12-26/h2-8,13-15,23H,9-12,16H2,1H3. The van der Waals surface area contributed by atoms with Crippen molar-refractivity contribution < 1.29 is 9.32 Å². The molecule has 0 saturated carbocycles. The van der Waals surface area contributed by atoms with Crippen molar-refractivity contribution in [2.24, 2.45) is 0 Å². The van der Waals surface area contributed by atoms with Gasteiger partial charge in [0.05, 0.1) is 6.54 Å². The van der Waals surface area contributed by atoms with Gasteiger partial charge < -0.3 is 19.6 Å². The number of nitrogens with one attached hydrogen (secondary N) is 1. The Bertz CT molecular complexity index is 933. The Morgan fingerprint density at radius 3 is 2.61 bits per heavy atom. The average Bonchev–Trinajstić information content (AvgIpc) is 3.27. The molecule has 4 rings (SSSR count). The van der Waals surface area contributed by atoms with Gasteiger partial charge in [-0.1, -0.05) is 29.4 Å². The molecule has 1 saturated heterocycles. The van der Waals surface area contributed by atoms with E-state index in [1.54, 1.807) is 18.0 Å². The van der Waals surface area contributed by atoms with Crippen molar-refractivity contribution in [3.05, 3.63) is 72.1 Å². The molecule has 2 heterocycles. The topological polar surface area (TPSA) is 61.6 Å². The number of carbonyl (C=O) groups is 1. The highest BCUT2D eigenvalue weighted by Gasteiger charge is 2.15. The number of piperazine rings is 1. The first-order valence-electron chi connectivity index (χ1n) is 9.51. The molecule has 1 aliphatic heterocycles. The van der Waals surface area contributed by atoms with Crippen LogP contribution in [-0.2, 0) is 6.54 Å². The van der Waals surface area contributed by atoms with E-state index < -0.39 is 0 Å². The molecule has 1 aliphatic rings. The zero-order valence-electron chi connectivity index (χ0n) is 16.0. The maximum absolute atomic E-state index is 12.8. The Morgan fingerprint density at radius 1 is 1.11 bits per heavy atom. The summed E-state index contributed by atoms with van der Waals surface area (Å²) < 4.78 is 4.84. The quantitative estimate of drug-likeness (QED) is 0.742. The Kier molecular flexibility index (Phi) is 5.39. The second-order valence-corrected chi connectivity index (χ2v) is 7.02. The van der Waals surface area contributed by atoms with Crippen molar-refractivity contribution in [3.63, 3.8) is 0 Å². The molecule has 0 spiro atoms. The molecule has 2 aromatic carbocycles. The van der Waals surface area contributed by atoms with E-state index >= 15 is 0 Å². The summed E-state index contributed by atoms with van der Waals surface area (Å²) in [5.74, 6) is -0.0388. The van der Waals surface area contributed by atoms with Crippen LogP contribution in [0.3, 0.4) is 0 Å². The number of hydrogen-bond donors (Lipinski definition) is 1. The summed E-state index contributed by atoms with van der Waals surface area (Å²) in [7, 11) is 1.77. The minimum Gasteiger partial charge on any atom is -0.369 e. The van der Waals surface area contributed by atoms with Crippen LogP contribution in [0.25, 0.3) is 11.1 Å². The second-order valence-electron chi connectivity index (χ2n) is 7.02. The summed E-state index contributed by atoms with van der Waals surface area (Å²) >= 11 is 0. The Labute approximate surface area is 164 Å². The van der Waals surface area contributed by atoms with Crippen LogP contribution >= 0.6 is 0 Å². The molecular formula is C22H24N4O2. The van der Waals surface area contributed by atoms with Crippen molar-refractivity contribution in [1.82, 2.24) is 15.4 Å². The minimum absolute atomic E-state index is 0.0388. The first-order chi connectivity index (χ1) is 13.7. The van der Waals surface area contributed by atoms with E-state index in [9.17, 15) is 4.79 Å². The molecule has 6 heteroatoms. The fourth-order valence-corrected chi connectivity index (χ4v) is 3.49. The van der Waals surface area contributed by atoms with Crippen molar-refractivity contribution in [2.45, 2.75) is 6.54 Å². The highest BCUT2D eigenvalue weighted by Crippen LogP contribution is 2.26. The smallest absolute Gasteiger partial charge is 0.253 e. The van der Waals surface area contributed by atoms with Gasteiger partial charge in [0.1, 0.15) is 12.0 Å². The van der Waals surface area contributed by atoms with Crippen LogP contribution in [0.2, 0.25) is 0 Å². The van der Waals surface area contributed by atoms with Crippen LogP contribution in [0.4, 0.5) is 5.69 Å². The number of anilines is 1. The first kappa shape index (κ1) is 18.3. The van der Waals surface area contributed by atoms with E-state index in [1.807, 2.05) is 24.3 Å². The highest BCUT2D eigenvalue weighted by atomic mass is 16.5. The van der Waals surface area contributed by atoms with Gasteiger partial charge >= 0.3 is 0 Å². The SMILES string of the molecule is CN(Cc1ccon1)C(=O)c1cccc(-c2cccc(N3CCNCC3)c2)c1. The van der Waals surface area contributed by atoms with Crippen LogP contribution in [0.15, 0.2) is 65.4 Å². The van der Waals surface area contributed by atoms with Gasteiger partial charge in [0.25, 0.3) is 5.91 Å². The lowest BCUT2D eigenvalue weighted by Crippen LogP contribution is -2.43. The van der Waals surface area contributed by atoms with Gasteiger partial charge in [0, 0.05) is 50.5 Å². The lowest BCUT2D eigenvalue weighted by Gasteiger charge is -2.29. The fourth-order valence-electron chi connectivity index (χ4n) is 3.49. The molecule has 0 bridgehead atoms. The van der Waals surface area contributed by atoms with Crippen molar-refractivity contribution in [3.8, 4) is 11.1 Å². The molecule has 1 fully saturated rings. The number of aromatic nitrogens is 1. The van der Waals surface area contributed by atoms with Crippen LogP contribution in [0.1, 0.15) is 16.1 Å². The Morgan fingerprint density at radius 2 is 1.86 bits per heavy atom. The molecule has 1 aromatic heterocycles. The molecule has 1 N–H and O–H groups in total. The van der Waals surface area contributed by atoms with Crippen LogP contribution < -0.4 is 10.2 Å². The molecular weight excluding hydrogens is 352 g/mol. The summed E-state index contributed by atoms with van der Waals surface area (Å²) in [5.41, 5.74) is 4.77. The number of hydrogen-bond acceptors (Lipinski definition) is 5. The zero-order valence-corrected chi connectivity index (χ0v) is 16.0. The minimum atomic E-state index is -0.0388. The Hall–Kier alpha value is -3.12. The third-order valence-corrected chi connectivity index (χ3v) is 5.01. The molecule has 0 unspecified atom stereocenters. The number of nitrogens with zero attached hydrogens (tertiary/aromatic N) is 3. The van der Waals surface area contributed by atoms with Gasteiger partial charge in [-0.3, -0.25) is 4.79 Å². The third-order valence-electron chi connectivity index (χ3n) is 5.01. The van der Waals surface area contributed by atoms with Gasteiger partial charge in [0.15, 0.2) is 0 Å². The van der Waals surface area contributed by atoms with Crippen molar-refractivity contribution >= 4 is 11.6 Å². The molecule has 0 atom stereocenters. The van der Waals surface area contributed by atoms with E-state index in [0.29, 0.717) is 12.1 Å². The molecule has 28 heavy (non-hydrogen) atoms. The monoisotopic (exact) mass is 376 g/mol. The zero-order chi connectivity index (χ0) is 19.3. The molecule has 6 nitrogen and oxygen atoms in total. The third kappa shape index (κ3) is 4.07. The van der Waals surface area contributed by atoms with Crippen molar-refractivity contribution in [2.75, 3.05) is 38.1 Å². The van der Waals surface area contributed by atoms with Gasteiger partial charge in [-0.05, 0) is 35.4 Å². The molecule has 0 aliphatic carbocycles. The summed E-state index contributed by atoms with van der Waals surface area (Å²) in [6.45, 7) is 4.44. The lowest BCUT2D eigenvalue weighted by atomic mass is 10.0. The van der Waals surface area contributed by atoms with E-state index in [-0.39, 0.29) is 5.91 Å². The summed E-state index contributed by atoms with van der Waals surface area (Å²) in [5, 5.41) is 7.26. The molecule has 1 amide bonds. The molecule has 3 aromatic rings. The number of amides is 1. The summed E-state index contributed by atoms with van der Waals surface area (Å²) in [4.78, 5) is 16.9. The first-order valence-corrected chi connectivity index (χ1v) is 9.51. The average molecular weight is 376 g/mol.